The van der Waals surface area contributed by atoms with Gasteiger partial charge in [0.25, 0.3) is 5.56 Å². The fourth-order valence-corrected chi connectivity index (χ4v) is 3.60. The normalized spacial score (nSPS) is 11.0. The van der Waals surface area contributed by atoms with Gasteiger partial charge in [0, 0.05) is 24.3 Å². The molecule has 0 bridgehead atoms. The summed E-state index contributed by atoms with van der Waals surface area (Å²) >= 11 is 5.71. The van der Waals surface area contributed by atoms with Gasteiger partial charge < -0.3 is 24.8 Å². The molecule has 0 radical (unpaired) electrons. The minimum Gasteiger partial charge on any atom is -0.494 e. The van der Waals surface area contributed by atoms with Crippen molar-refractivity contribution in [3.63, 3.8) is 0 Å². The zero-order chi connectivity index (χ0) is 22.4. The number of anilines is 1. The third-order valence-electron chi connectivity index (χ3n) is 5.05. The van der Waals surface area contributed by atoms with Crippen molar-refractivity contribution < 1.29 is 4.74 Å². The second-order valence-corrected chi connectivity index (χ2v) is 8.16. The standard InChI is InChI=1S/C24H30N4O2S/c1-5-30-21-11-9-20(10-12-21)25-24(31)28(14-13-27(3)4)16-19-15-18-8-6-7-17(2)22(18)26-23(19)29/h6-12,15H,5,13-14,16H2,1-4H3,(H,25,31)(H,26,29). The van der Waals surface area contributed by atoms with Gasteiger partial charge in [-0.1, -0.05) is 18.2 Å². The SMILES string of the molecule is CCOc1ccc(NC(=S)N(CCN(C)C)Cc2cc3cccc(C)c3[nH]c2=O)cc1. The Kier molecular flexibility index (Phi) is 7.65. The molecule has 0 amide bonds. The van der Waals surface area contributed by atoms with Crippen LogP contribution in [0.3, 0.4) is 0 Å². The number of aromatic nitrogens is 1. The van der Waals surface area contributed by atoms with Crippen molar-refractivity contribution in [1.82, 2.24) is 14.8 Å². The molecule has 0 saturated carbocycles. The van der Waals surface area contributed by atoms with Crippen molar-refractivity contribution in [1.29, 1.82) is 0 Å². The Morgan fingerprint density at radius 2 is 1.87 bits per heavy atom. The van der Waals surface area contributed by atoms with Crippen molar-refractivity contribution in [3.8, 4) is 5.75 Å². The maximum absolute atomic E-state index is 12.8. The molecule has 3 rings (SSSR count). The summed E-state index contributed by atoms with van der Waals surface area (Å²) < 4.78 is 5.50. The lowest BCUT2D eigenvalue weighted by molar-refractivity contribution is 0.327. The Bertz CT molecular complexity index is 1090. The molecule has 0 aliphatic carbocycles. The first-order chi connectivity index (χ1) is 14.9. The lowest BCUT2D eigenvalue weighted by Crippen LogP contribution is -2.40. The Morgan fingerprint density at radius 3 is 2.55 bits per heavy atom. The van der Waals surface area contributed by atoms with E-state index in [0.717, 1.165) is 34.4 Å². The van der Waals surface area contributed by atoms with E-state index >= 15 is 0 Å². The van der Waals surface area contributed by atoms with Gasteiger partial charge in [-0.25, -0.2) is 0 Å². The highest BCUT2D eigenvalue weighted by Crippen LogP contribution is 2.18. The van der Waals surface area contributed by atoms with Crippen LogP contribution in [-0.4, -0.2) is 53.7 Å². The number of aromatic amines is 1. The van der Waals surface area contributed by atoms with Gasteiger partial charge in [0.1, 0.15) is 5.75 Å². The van der Waals surface area contributed by atoms with Gasteiger partial charge in [-0.2, -0.15) is 0 Å². The summed E-state index contributed by atoms with van der Waals surface area (Å²) in [5, 5.41) is 4.89. The molecular weight excluding hydrogens is 408 g/mol. The molecule has 7 heteroatoms. The van der Waals surface area contributed by atoms with Gasteiger partial charge in [-0.15, -0.1) is 0 Å². The number of benzene rings is 2. The van der Waals surface area contributed by atoms with Crippen molar-refractivity contribution in [2.75, 3.05) is 39.1 Å². The van der Waals surface area contributed by atoms with Crippen molar-refractivity contribution in [2.24, 2.45) is 0 Å². The largest absolute Gasteiger partial charge is 0.494 e. The minimum absolute atomic E-state index is 0.0829. The molecule has 0 aliphatic heterocycles. The summed E-state index contributed by atoms with van der Waals surface area (Å²) in [4.78, 5) is 19.9. The third-order valence-corrected chi connectivity index (χ3v) is 5.41. The molecule has 0 fully saturated rings. The second kappa shape index (κ2) is 10.4. The molecule has 3 aromatic rings. The van der Waals surface area contributed by atoms with Crippen molar-refractivity contribution >= 4 is 33.9 Å². The average molecular weight is 439 g/mol. The van der Waals surface area contributed by atoms with Crippen LogP contribution in [0.4, 0.5) is 5.69 Å². The molecule has 31 heavy (non-hydrogen) atoms. The number of hydrogen-bond donors (Lipinski definition) is 2. The fraction of sp³-hybridized carbons (Fsp3) is 0.333. The number of likely N-dealkylation sites (N-methyl/N-ethyl adjacent to an activating group) is 1. The molecule has 1 aromatic heterocycles. The Balaban J connectivity index is 1.81. The topological polar surface area (TPSA) is 60.6 Å². The van der Waals surface area contributed by atoms with E-state index in [1.807, 2.05) is 81.4 Å². The lowest BCUT2D eigenvalue weighted by Gasteiger charge is -2.27. The van der Waals surface area contributed by atoms with E-state index in [9.17, 15) is 4.79 Å². The highest BCUT2D eigenvalue weighted by Gasteiger charge is 2.14. The van der Waals surface area contributed by atoms with Gasteiger partial charge in [-0.05, 0) is 81.4 Å². The summed E-state index contributed by atoms with van der Waals surface area (Å²) in [5.41, 5.74) is 3.42. The summed E-state index contributed by atoms with van der Waals surface area (Å²) in [7, 11) is 4.04. The fourth-order valence-electron chi connectivity index (χ4n) is 3.33. The molecular formula is C24H30N4O2S. The summed E-state index contributed by atoms with van der Waals surface area (Å²) in [6.07, 6.45) is 0. The molecule has 0 atom stereocenters. The number of rotatable bonds is 8. The van der Waals surface area contributed by atoms with Crippen LogP contribution in [0.5, 0.6) is 5.75 Å². The number of nitrogens with one attached hydrogen (secondary N) is 2. The summed E-state index contributed by atoms with van der Waals surface area (Å²) in [6.45, 7) is 6.52. The minimum atomic E-state index is -0.0829. The molecule has 0 unspecified atom stereocenters. The van der Waals surface area contributed by atoms with Gasteiger partial charge in [0.05, 0.1) is 18.7 Å². The van der Waals surface area contributed by atoms with Crippen LogP contribution in [0.25, 0.3) is 10.9 Å². The quantitative estimate of drug-likeness (QED) is 0.519. The molecule has 0 aliphatic rings. The number of para-hydroxylation sites is 1. The zero-order valence-electron chi connectivity index (χ0n) is 18.6. The maximum Gasteiger partial charge on any atom is 0.253 e. The first-order valence-electron chi connectivity index (χ1n) is 10.4. The van der Waals surface area contributed by atoms with E-state index in [1.54, 1.807) is 0 Å². The maximum atomic E-state index is 12.8. The van der Waals surface area contributed by atoms with Crippen molar-refractivity contribution in [2.45, 2.75) is 20.4 Å². The van der Waals surface area contributed by atoms with E-state index in [-0.39, 0.29) is 5.56 Å². The van der Waals surface area contributed by atoms with E-state index in [0.29, 0.717) is 30.4 Å². The monoisotopic (exact) mass is 438 g/mol. The lowest BCUT2D eigenvalue weighted by atomic mass is 10.1. The number of pyridine rings is 1. The average Bonchev–Trinajstić information content (AvgIpc) is 2.73. The van der Waals surface area contributed by atoms with Gasteiger partial charge in [-0.3, -0.25) is 4.79 Å². The molecule has 0 spiro atoms. The van der Waals surface area contributed by atoms with Gasteiger partial charge in [0.2, 0.25) is 0 Å². The van der Waals surface area contributed by atoms with Crippen LogP contribution in [0.15, 0.2) is 53.3 Å². The number of hydrogen-bond acceptors (Lipinski definition) is 4. The van der Waals surface area contributed by atoms with Crippen molar-refractivity contribution in [3.05, 3.63) is 70.0 Å². The molecule has 0 saturated heterocycles. The first-order valence-corrected chi connectivity index (χ1v) is 10.8. The highest BCUT2D eigenvalue weighted by molar-refractivity contribution is 7.80. The molecule has 164 valence electrons. The number of ether oxygens (including phenoxy) is 1. The van der Waals surface area contributed by atoms with E-state index < -0.39 is 0 Å². The van der Waals surface area contributed by atoms with Crippen LogP contribution in [0, 0.1) is 6.92 Å². The smallest absolute Gasteiger partial charge is 0.253 e. The van der Waals surface area contributed by atoms with Crippen LogP contribution in [-0.2, 0) is 6.54 Å². The van der Waals surface area contributed by atoms with Crippen LogP contribution >= 0.6 is 12.2 Å². The third kappa shape index (κ3) is 6.06. The van der Waals surface area contributed by atoms with Crippen LogP contribution in [0.2, 0.25) is 0 Å². The second-order valence-electron chi connectivity index (χ2n) is 7.78. The predicted molar refractivity (Wildman–Crippen MR) is 132 cm³/mol. The number of aryl methyl sites for hydroxylation is 1. The predicted octanol–water partition coefficient (Wildman–Crippen LogP) is 4.00. The van der Waals surface area contributed by atoms with E-state index in [1.165, 1.54) is 0 Å². The van der Waals surface area contributed by atoms with Crippen LogP contribution in [0.1, 0.15) is 18.1 Å². The van der Waals surface area contributed by atoms with Gasteiger partial charge >= 0.3 is 0 Å². The Morgan fingerprint density at radius 1 is 1.13 bits per heavy atom. The van der Waals surface area contributed by atoms with Crippen LogP contribution < -0.4 is 15.6 Å². The molecule has 6 nitrogen and oxygen atoms in total. The molecule has 1 heterocycles. The summed E-state index contributed by atoms with van der Waals surface area (Å²) in [6, 6.07) is 15.7. The number of fused-ring (bicyclic) bond motifs is 1. The number of H-pyrrole nitrogens is 1. The first kappa shape index (κ1) is 22.8. The molecule has 2 N–H and O–H groups in total. The van der Waals surface area contributed by atoms with Gasteiger partial charge in [0.15, 0.2) is 5.11 Å². The number of thiocarbonyl (C=S) groups is 1. The van der Waals surface area contributed by atoms with E-state index in [4.69, 9.17) is 17.0 Å². The summed E-state index contributed by atoms with van der Waals surface area (Å²) in [5.74, 6) is 0.821. The number of nitrogens with zero attached hydrogens (tertiary/aromatic N) is 2. The van der Waals surface area contributed by atoms with E-state index in [2.05, 4.69) is 15.2 Å². The highest BCUT2D eigenvalue weighted by atomic mass is 32.1. The zero-order valence-corrected chi connectivity index (χ0v) is 19.4. The molecule has 2 aromatic carbocycles. The Labute approximate surface area is 188 Å². The Hall–Kier alpha value is -2.90.